The Kier molecular flexibility index (Phi) is 2.36. The van der Waals surface area contributed by atoms with Crippen molar-refractivity contribution in [3.63, 3.8) is 0 Å². The molecule has 4 heteroatoms. The Bertz CT molecular complexity index is 415. The van der Waals surface area contributed by atoms with Crippen molar-refractivity contribution in [2.45, 2.75) is 25.3 Å². The molecule has 1 aromatic carbocycles. The van der Waals surface area contributed by atoms with E-state index >= 15 is 0 Å². The Morgan fingerprint density at radius 3 is 2.80 bits per heavy atom. The maximum Gasteiger partial charge on any atom is 0.325 e. The van der Waals surface area contributed by atoms with E-state index in [1.54, 1.807) is 0 Å². The summed E-state index contributed by atoms with van der Waals surface area (Å²) >= 11 is 0. The standard InChI is InChI=1S/C11H13NO3/c12-10(11(14)15)9-7-3-1-2-6(7)4-5-8(9)13/h4-5,10,13H,1-3,12H2,(H,14,15). The van der Waals surface area contributed by atoms with Crippen molar-refractivity contribution in [2.24, 2.45) is 5.73 Å². The molecular weight excluding hydrogens is 194 g/mol. The molecule has 0 radical (unpaired) electrons. The Morgan fingerprint density at radius 1 is 1.40 bits per heavy atom. The number of fused-ring (bicyclic) bond motifs is 1. The molecule has 0 amide bonds. The van der Waals surface area contributed by atoms with E-state index in [9.17, 15) is 9.90 Å². The molecule has 0 aliphatic heterocycles. The average molecular weight is 207 g/mol. The fourth-order valence-corrected chi connectivity index (χ4v) is 2.15. The van der Waals surface area contributed by atoms with Crippen LogP contribution in [0, 0.1) is 0 Å². The molecule has 0 heterocycles. The minimum absolute atomic E-state index is 0.00875. The summed E-state index contributed by atoms with van der Waals surface area (Å²) in [5.74, 6) is -1.11. The number of rotatable bonds is 2. The van der Waals surface area contributed by atoms with Gasteiger partial charge >= 0.3 is 5.97 Å². The predicted molar refractivity (Wildman–Crippen MR) is 54.7 cm³/mol. The smallest absolute Gasteiger partial charge is 0.325 e. The van der Waals surface area contributed by atoms with Gasteiger partial charge in [0.25, 0.3) is 0 Å². The van der Waals surface area contributed by atoms with Gasteiger partial charge in [-0.25, -0.2) is 0 Å². The summed E-state index contributed by atoms with van der Waals surface area (Å²) in [5, 5.41) is 18.5. The summed E-state index contributed by atoms with van der Waals surface area (Å²) in [5.41, 5.74) is 7.97. The van der Waals surface area contributed by atoms with E-state index in [0.29, 0.717) is 5.56 Å². The van der Waals surface area contributed by atoms with E-state index in [-0.39, 0.29) is 5.75 Å². The lowest BCUT2D eigenvalue weighted by atomic mass is 9.96. The number of phenols is 1. The lowest BCUT2D eigenvalue weighted by Crippen LogP contribution is -2.22. The first-order valence-electron chi connectivity index (χ1n) is 4.93. The molecule has 0 aromatic heterocycles. The fourth-order valence-electron chi connectivity index (χ4n) is 2.15. The second-order valence-electron chi connectivity index (χ2n) is 3.81. The van der Waals surface area contributed by atoms with E-state index in [1.165, 1.54) is 6.07 Å². The van der Waals surface area contributed by atoms with Crippen LogP contribution in [-0.4, -0.2) is 16.2 Å². The third kappa shape index (κ3) is 1.57. The van der Waals surface area contributed by atoms with Crippen LogP contribution in [0.1, 0.15) is 29.2 Å². The highest BCUT2D eigenvalue weighted by Gasteiger charge is 2.25. The zero-order chi connectivity index (χ0) is 11.0. The molecule has 4 N–H and O–H groups in total. The van der Waals surface area contributed by atoms with Crippen molar-refractivity contribution in [1.29, 1.82) is 0 Å². The first-order valence-corrected chi connectivity index (χ1v) is 4.93. The molecule has 1 atom stereocenters. The minimum Gasteiger partial charge on any atom is -0.508 e. The van der Waals surface area contributed by atoms with Crippen LogP contribution >= 0.6 is 0 Å². The summed E-state index contributed by atoms with van der Waals surface area (Å²) in [6.45, 7) is 0. The number of carboxylic acids is 1. The van der Waals surface area contributed by atoms with Gasteiger partial charge in [0.15, 0.2) is 0 Å². The van der Waals surface area contributed by atoms with Gasteiger partial charge in [0, 0.05) is 5.56 Å². The van der Waals surface area contributed by atoms with Gasteiger partial charge in [0.1, 0.15) is 11.8 Å². The van der Waals surface area contributed by atoms with Gasteiger partial charge in [0.05, 0.1) is 0 Å². The van der Waals surface area contributed by atoms with Crippen LogP contribution in [0.25, 0.3) is 0 Å². The molecule has 1 aromatic rings. The predicted octanol–water partition coefficient (Wildman–Crippen LogP) is 0.965. The highest BCUT2D eigenvalue weighted by atomic mass is 16.4. The first-order chi connectivity index (χ1) is 7.11. The summed E-state index contributed by atoms with van der Waals surface area (Å²) in [6.07, 6.45) is 2.74. The molecule has 0 fully saturated rings. The van der Waals surface area contributed by atoms with E-state index in [0.717, 1.165) is 30.4 Å². The third-order valence-corrected chi connectivity index (χ3v) is 2.88. The Balaban J connectivity index is 2.54. The van der Waals surface area contributed by atoms with Crippen LogP contribution in [0.5, 0.6) is 5.75 Å². The third-order valence-electron chi connectivity index (χ3n) is 2.88. The zero-order valence-corrected chi connectivity index (χ0v) is 8.23. The topological polar surface area (TPSA) is 83.6 Å². The molecule has 4 nitrogen and oxygen atoms in total. The largest absolute Gasteiger partial charge is 0.508 e. The van der Waals surface area contributed by atoms with Crippen LogP contribution in [-0.2, 0) is 17.6 Å². The van der Waals surface area contributed by atoms with Crippen LogP contribution < -0.4 is 5.73 Å². The van der Waals surface area contributed by atoms with Gasteiger partial charge in [-0.1, -0.05) is 6.07 Å². The lowest BCUT2D eigenvalue weighted by molar-refractivity contribution is -0.138. The van der Waals surface area contributed by atoms with E-state index in [2.05, 4.69) is 0 Å². The molecule has 0 bridgehead atoms. The Hall–Kier alpha value is -1.55. The number of benzene rings is 1. The van der Waals surface area contributed by atoms with Crippen LogP contribution in [0.15, 0.2) is 12.1 Å². The van der Waals surface area contributed by atoms with Crippen LogP contribution in [0.3, 0.4) is 0 Å². The van der Waals surface area contributed by atoms with Gasteiger partial charge < -0.3 is 15.9 Å². The van der Waals surface area contributed by atoms with Gasteiger partial charge in [0.2, 0.25) is 0 Å². The van der Waals surface area contributed by atoms with E-state index in [4.69, 9.17) is 10.8 Å². The number of phenolic OH excluding ortho intramolecular Hbond substituents is 1. The molecule has 0 spiro atoms. The number of carbonyl (C=O) groups is 1. The SMILES string of the molecule is NC(C(=O)O)c1c(O)ccc2c1CCC2. The molecule has 2 rings (SSSR count). The normalized spacial score (nSPS) is 16.1. The van der Waals surface area contributed by atoms with Crippen molar-refractivity contribution >= 4 is 5.97 Å². The number of nitrogens with two attached hydrogens (primary N) is 1. The summed E-state index contributed by atoms with van der Waals surface area (Å²) < 4.78 is 0. The second kappa shape index (κ2) is 3.55. The Labute approximate surface area is 87.3 Å². The number of hydrogen-bond acceptors (Lipinski definition) is 3. The van der Waals surface area contributed by atoms with Crippen molar-refractivity contribution in [3.05, 3.63) is 28.8 Å². The van der Waals surface area contributed by atoms with Crippen molar-refractivity contribution in [1.82, 2.24) is 0 Å². The van der Waals surface area contributed by atoms with Gasteiger partial charge in [-0.3, -0.25) is 4.79 Å². The number of carboxylic acid groups (broad SMARTS) is 1. The second-order valence-corrected chi connectivity index (χ2v) is 3.81. The number of aliphatic carboxylic acids is 1. The fraction of sp³-hybridized carbons (Fsp3) is 0.364. The number of hydrogen-bond donors (Lipinski definition) is 3. The zero-order valence-electron chi connectivity index (χ0n) is 8.23. The molecule has 80 valence electrons. The highest BCUT2D eigenvalue weighted by Crippen LogP contribution is 2.34. The van der Waals surface area contributed by atoms with Gasteiger partial charge in [-0.15, -0.1) is 0 Å². The van der Waals surface area contributed by atoms with Crippen molar-refractivity contribution < 1.29 is 15.0 Å². The van der Waals surface area contributed by atoms with E-state index in [1.807, 2.05) is 6.07 Å². The summed E-state index contributed by atoms with van der Waals surface area (Å²) in [6, 6.07) is 2.25. The quantitative estimate of drug-likeness (QED) is 0.674. The molecule has 0 saturated heterocycles. The van der Waals surface area contributed by atoms with Crippen LogP contribution in [0.2, 0.25) is 0 Å². The maximum atomic E-state index is 10.8. The molecule has 1 unspecified atom stereocenters. The van der Waals surface area contributed by atoms with E-state index < -0.39 is 12.0 Å². The maximum absolute atomic E-state index is 10.8. The summed E-state index contributed by atoms with van der Waals surface area (Å²) in [7, 11) is 0. The lowest BCUT2D eigenvalue weighted by Gasteiger charge is -2.14. The molecule has 0 saturated carbocycles. The number of aromatic hydroxyl groups is 1. The van der Waals surface area contributed by atoms with Gasteiger partial charge in [-0.2, -0.15) is 0 Å². The average Bonchev–Trinajstić information content (AvgIpc) is 2.64. The van der Waals surface area contributed by atoms with Crippen molar-refractivity contribution in [2.75, 3.05) is 0 Å². The highest BCUT2D eigenvalue weighted by molar-refractivity contribution is 5.77. The first kappa shape index (κ1) is 9.98. The van der Waals surface area contributed by atoms with Gasteiger partial charge in [-0.05, 0) is 36.5 Å². The monoisotopic (exact) mass is 207 g/mol. The number of aryl methyl sites for hydroxylation is 1. The minimum atomic E-state index is -1.13. The Morgan fingerprint density at radius 2 is 2.13 bits per heavy atom. The molecule has 1 aliphatic carbocycles. The molecule has 1 aliphatic rings. The summed E-state index contributed by atoms with van der Waals surface area (Å²) in [4.78, 5) is 10.8. The molecular formula is C11H13NO3. The molecule has 15 heavy (non-hydrogen) atoms. The van der Waals surface area contributed by atoms with Crippen molar-refractivity contribution in [3.8, 4) is 5.75 Å². The van der Waals surface area contributed by atoms with Crippen LogP contribution in [0.4, 0.5) is 0 Å².